The van der Waals surface area contributed by atoms with Crippen molar-refractivity contribution in [1.82, 2.24) is 10.2 Å². The van der Waals surface area contributed by atoms with Crippen molar-refractivity contribution in [3.63, 3.8) is 0 Å². The van der Waals surface area contributed by atoms with Crippen LogP contribution < -0.4 is 10.1 Å². The van der Waals surface area contributed by atoms with E-state index in [1.165, 1.54) is 19.3 Å². The van der Waals surface area contributed by atoms with Crippen LogP contribution in [-0.2, 0) is 0 Å². The van der Waals surface area contributed by atoms with Gasteiger partial charge in [-0.1, -0.05) is 11.6 Å². The highest BCUT2D eigenvalue weighted by molar-refractivity contribution is 7.99. The zero-order valence-corrected chi connectivity index (χ0v) is 20.2. The molecule has 5 rings (SSSR count). The van der Waals surface area contributed by atoms with E-state index in [0.717, 1.165) is 54.9 Å². The minimum absolute atomic E-state index is 0.00125. The highest BCUT2D eigenvalue weighted by Gasteiger charge is 2.53. The Balaban J connectivity index is 1.30. The van der Waals surface area contributed by atoms with Crippen molar-refractivity contribution >= 4 is 35.4 Å². The van der Waals surface area contributed by atoms with E-state index in [4.69, 9.17) is 21.4 Å². The summed E-state index contributed by atoms with van der Waals surface area (Å²) >= 11 is 8.13. The molecule has 2 amide bonds. The smallest absolute Gasteiger partial charge is 0.404 e. The molecule has 0 aromatic heterocycles. The van der Waals surface area contributed by atoms with Gasteiger partial charge in [-0.3, -0.25) is 4.79 Å². The maximum absolute atomic E-state index is 13.5. The van der Waals surface area contributed by atoms with Crippen LogP contribution in [0.5, 0.6) is 5.75 Å². The summed E-state index contributed by atoms with van der Waals surface area (Å²) in [7, 11) is 1.97. The number of halogens is 1. The number of carboxylic acid groups (broad SMARTS) is 1. The summed E-state index contributed by atoms with van der Waals surface area (Å²) in [4.78, 5) is 25.9. The van der Waals surface area contributed by atoms with Crippen molar-refractivity contribution in [2.24, 2.45) is 17.8 Å². The molecule has 0 heterocycles. The zero-order valence-electron chi connectivity index (χ0n) is 18.6. The molecule has 4 aliphatic rings. The lowest BCUT2D eigenvalue weighted by Crippen LogP contribution is -2.60. The number of nitrogens with one attached hydrogen (secondary N) is 1. The zero-order chi connectivity index (χ0) is 22.7. The fourth-order valence-corrected chi connectivity index (χ4v) is 7.28. The minimum atomic E-state index is -0.990. The average molecular weight is 481 g/mol. The predicted molar refractivity (Wildman–Crippen MR) is 128 cm³/mol. The monoisotopic (exact) mass is 480 g/mol. The van der Waals surface area contributed by atoms with Crippen molar-refractivity contribution in [2.45, 2.75) is 50.5 Å². The first-order valence-electron chi connectivity index (χ1n) is 11.6. The largest absolute Gasteiger partial charge is 0.494 e. The second-order valence-corrected chi connectivity index (χ2v) is 11.3. The van der Waals surface area contributed by atoms with E-state index in [0.29, 0.717) is 29.5 Å². The Morgan fingerprint density at radius 2 is 1.84 bits per heavy atom. The lowest BCUT2D eigenvalue weighted by atomic mass is 9.52. The summed E-state index contributed by atoms with van der Waals surface area (Å²) < 4.78 is 5.87. The standard InChI is InChI=1S/C24H33ClN2O4S/c1-27(24-13-16-9-17(14-24)11-18(10-16)15-24)22(28)20-12-19(3-4-21(20)25)31-6-2-7-32-8-5-26-23(29)30/h3-4,12,16-18,26H,2,5-11,13-15H2,1H3,(H,29,30). The summed E-state index contributed by atoms with van der Waals surface area (Å²) in [5.41, 5.74) is 0.523. The Kier molecular flexibility index (Phi) is 7.45. The Morgan fingerprint density at radius 1 is 1.19 bits per heavy atom. The summed E-state index contributed by atoms with van der Waals surface area (Å²) in [6, 6.07) is 5.35. The van der Waals surface area contributed by atoms with Crippen LogP contribution >= 0.6 is 23.4 Å². The van der Waals surface area contributed by atoms with E-state index in [-0.39, 0.29) is 11.4 Å². The van der Waals surface area contributed by atoms with Crippen LogP contribution in [0.2, 0.25) is 5.02 Å². The Morgan fingerprint density at radius 3 is 2.47 bits per heavy atom. The summed E-state index contributed by atoms with van der Waals surface area (Å²) in [5, 5.41) is 11.4. The highest BCUT2D eigenvalue weighted by atomic mass is 35.5. The van der Waals surface area contributed by atoms with Gasteiger partial charge in [-0.05, 0) is 86.7 Å². The number of carbonyl (C=O) groups excluding carboxylic acids is 1. The topological polar surface area (TPSA) is 78.9 Å². The second kappa shape index (κ2) is 10.1. The van der Waals surface area contributed by atoms with E-state index in [1.54, 1.807) is 23.9 Å². The van der Waals surface area contributed by atoms with E-state index in [9.17, 15) is 9.59 Å². The molecule has 2 N–H and O–H groups in total. The fourth-order valence-electron chi connectivity index (χ4n) is 6.31. The number of hydrogen-bond donors (Lipinski definition) is 2. The summed E-state index contributed by atoms with van der Waals surface area (Å²) in [6.07, 6.45) is 7.30. The quantitative estimate of drug-likeness (QED) is 0.453. The second-order valence-electron chi connectivity index (χ2n) is 9.69. The van der Waals surface area contributed by atoms with Gasteiger partial charge in [-0.15, -0.1) is 0 Å². The van der Waals surface area contributed by atoms with Crippen LogP contribution in [0.25, 0.3) is 0 Å². The van der Waals surface area contributed by atoms with Crippen LogP contribution in [0.1, 0.15) is 55.3 Å². The molecule has 0 aliphatic heterocycles. The number of thioether (sulfide) groups is 1. The first-order valence-corrected chi connectivity index (χ1v) is 13.1. The van der Waals surface area contributed by atoms with Gasteiger partial charge >= 0.3 is 6.09 Å². The van der Waals surface area contributed by atoms with Crippen LogP contribution in [0.15, 0.2) is 18.2 Å². The Hall–Kier alpha value is -1.60. The number of benzene rings is 1. The Bertz CT molecular complexity index is 814. The van der Waals surface area contributed by atoms with Gasteiger partial charge in [-0.25, -0.2) is 4.79 Å². The first kappa shape index (κ1) is 23.6. The van der Waals surface area contributed by atoms with Crippen molar-refractivity contribution < 1.29 is 19.4 Å². The van der Waals surface area contributed by atoms with E-state index in [2.05, 4.69) is 5.32 Å². The number of nitrogens with zero attached hydrogens (tertiary/aromatic N) is 1. The summed E-state index contributed by atoms with van der Waals surface area (Å²) in [6.45, 7) is 0.986. The third kappa shape index (κ3) is 5.30. The third-order valence-electron chi connectivity index (χ3n) is 7.41. The fraction of sp³-hybridized carbons (Fsp3) is 0.667. The molecule has 0 spiro atoms. The van der Waals surface area contributed by atoms with E-state index in [1.807, 2.05) is 18.0 Å². The molecule has 0 atom stereocenters. The third-order valence-corrected chi connectivity index (χ3v) is 8.81. The number of carbonyl (C=O) groups is 2. The van der Waals surface area contributed by atoms with Gasteiger partial charge in [0.15, 0.2) is 0 Å². The van der Waals surface area contributed by atoms with Gasteiger partial charge in [0.05, 0.1) is 17.2 Å². The molecule has 4 bridgehead atoms. The molecule has 4 saturated carbocycles. The van der Waals surface area contributed by atoms with Crippen LogP contribution in [0.3, 0.4) is 0 Å². The highest BCUT2D eigenvalue weighted by Crippen LogP contribution is 2.57. The number of hydrogen-bond acceptors (Lipinski definition) is 4. The molecule has 1 aromatic rings. The number of amides is 2. The molecule has 1 aromatic carbocycles. The Labute approximate surface area is 199 Å². The molecular formula is C24H33ClN2O4S. The molecule has 0 saturated heterocycles. The van der Waals surface area contributed by atoms with Crippen molar-refractivity contribution in [3.05, 3.63) is 28.8 Å². The lowest BCUT2D eigenvalue weighted by Gasteiger charge is -2.59. The molecule has 32 heavy (non-hydrogen) atoms. The van der Waals surface area contributed by atoms with Crippen LogP contribution in [0.4, 0.5) is 4.79 Å². The predicted octanol–water partition coefficient (Wildman–Crippen LogP) is 5.15. The molecule has 176 valence electrons. The number of rotatable bonds is 10. The maximum Gasteiger partial charge on any atom is 0.404 e. The molecule has 0 radical (unpaired) electrons. The van der Waals surface area contributed by atoms with E-state index >= 15 is 0 Å². The molecule has 6 nitrogen and oxygen atoms in total. The molecule has 4 aliphatic carbocycles. The summed E-state index contributed by atoms with van der Waals surface area (Å²) in [5.74, 6) is 4.62. The van der Waals surface area contributed by atoms with Crippen LogP contribution in [-0.4, -0.2) is 59.3 Å². The molecule has 0 unspecified atom stereocenters. The first-order chi connectivity index (χ1) is 15.4. The SMILES string of the molecule is CN(C(=O)c1cc(OCCCSCCNC(=O)O)ccc1Cl)C12CC3CC(CC(C3)C1)C2. The van der Waals surface area contributed by atoms with Gasteiger partial charge in [-0.2, -0.15) is 11.8 Å². The van der Waals surface area contributed by atoms with Crippen molar-refractivity contribution in [2.75, 3.05) is 31.7 Å². The number of ether oxygens (including phenoxy) is 1. The van der Waals surface area contributed by atoms with Gasteiger partial charge in [0.1, 0.15) is 5.75 Å². The average Bonchev–Trinajstić information content (AvgIpc) is 2.74. The van der Waals surface area contributed by atoms with E-state index < -0.39 is 6.09 Å². The lowest BCUT2D eigenvalue weighted by molar-refractivity contribution is -0.0665. The molecule has 4 fully saturated rings. The van der Waals surface area contributed by atoms with Gasteiger partial charge in [0, 0.05) is 24.9 Å². The van der Waals surface area contributed by atoms with Gasteiger partial charge < -0.3 is 20.1 Å². The molecule has 8 heteroatoms. The molecular weight excluding hydrogens is 448 g/mol. The van der Waals surface area contributed by atoms with Crippen molar-refractivity contribution in [3.8, 4) is 5.75 Å². The normalized spacial score (nSPS) is 27.9. The maximum atomic E-state index is 13.5. The van der Waals surface area contributed by atoms with Gasteiger partial charge in [0.25, 0.3) is 5.91 Å². The van der Waals surface area contributed by atoms with Gasteiger partial charge in [0.2, 0.25) is 0 Å². The van der Waals surface area contributed by atoms with Crippen molar-refractivity contribution in [1.29, 1.82) is 0 Å². The minimum Gasteiger partial charge on any atom is -0.494 e. The van der Waals surface area contributed by atoms with Crippen LogP contribution in [0, 0.1) is 17.8 Å².